The number of hydrogen-bond acceptors (Lipinski definition) is 7. The molecule has 42 heavy (non-hydrogen) atoms. The number of carbonyl (C=O) groups excluding carboxylic acids is 2. The van der Waals surface area contributed by atoms with Crippen molar-refractivity contribution in [2.75, 3.05) is 11.9 Å². The fourth-order valence-electron chi connectivity index (χ4n) is 3.79. The van der Waals surface area contributed by atoms with Gasteiger partial charge in [-0.2, -0.15) is 5.10 Å². The molecular formula is C30H21BrCl2N4O4S. The van der Waals surface area contributed by atoms with E-state index in [0.717, 1.165) is 21.8 Å². The van der Waals surface area contributed by atoms with E-state index in [-0.39, 0.29) is 25.0 Å². The number of nitrogens with one attached hydrogen (secondary N) is 1. The Kier molecular flexibility index (Phi) is 9.81. The van der Waals surface area contributed by atoms with E-state index in [9.17, 15) is 9.59 Å². The normalized spacial score (nSPS) is 15.2. The molecule has 5 rings (SSSR count). The van der Waals surface area contributed by atoms with E-state index >= 15 is 0 Å². The van der Waals surface area contributed by atoms with Crippen molar-refractivity contribution in [2.24, 2.45) is 10.2 Å². The molecule has 4 aromatic rings. The van der Waals surface area contributed by atoms with Crippen molar-refractivity contribution in [3.8, 4) is 5.75 Å². The van der Waals surface area contributed by atoms with Gasteiger partial charge < -0.3 is 14.5 Å². The topological polar surface area (TPSA) is 96.5 Å². The van der Waals surface area contributed by atoms with Crippen LogP contribution in [0.15, 0.2) is 109 Å². The highest BCUT2D eigenvalue weighted by Crippen LogP contribution is 2.36. The summed E-state index contributed by atoms with van der Waals surface area (Å²) in [5.41, 5.74) is 1.96. The lowest BCUT2D eigenvalue weighted by atomic mass is 10.2. The smallest absolute Gasteiger partial charge is 0.267 e. The standard InChI is InChI=1S/C30H21BrCl2N4O4S/c31-21-4-1-3-19(13-21)16-34-36-30-37(17-25-5-2-12-40-25)29(39)27(42-30)15-20-14-23(33)8-11-26(20)41-18-28(38)35-24-9-6-22(32)7-10-24/h1-16H,17-18H2,(H,35,38)/b27-15-,34-16+,36-30-. The number of benzene rings is 3. The highest BCUT2D eigenvalue weighted by atomic mass is 79.9. The van der Waals surface area contributed by atoms with Crippen LogP contribution in [0.5, 0.6) is 5.75 Å². The molecule has 0 radical (unpaired) electrons. The number of anilines is 1. The van der Waals surface area contributed by atoms with Gasteiger partial charge in [0.05, 0.1) is 23.9 Å². The van der Waals surface area contributed by atoms with Crippen LogP contribution in [0.1, 0.15) is 16.9 Å². The lowest BCUT2D eigenvalue weighted by molar-refractivity contribution is -0.122. The summed E-state index contributed by atoms with van der Waals surface area (Å²) >= 11 is 16.8. The summed E-state index contributed by atoms with van der Waals surface area (Å²) in [6.07, 6.45) is 4.80. The number of carbonyl (C=O) groups is 2. The molecule has 8 nitrogen and oxygen atoms in total. The molecule has 2 heterocycles. The summed E-state index contributed by atoms with van der Waals surface area (Å²) < 4.78 is 12.2. The minimum atomic E-state index is -0.362. The monoisotopic (exact) mass is 682 g/mol. The second-order valence-electron chi connectivity index (χ2n) is 8.79. The summed E-state index contributed by atoms with van der Waals surface area (Å²) in [5.74, 6) is 0.313. The predicted octanol–water partition coefficient (Wildman–Crippen LogP) is 7.87. The van der Waals surface area contributed by atoms with E-state index in [1.165, 1.54) is 4.90 Å². The highest BCUT2D eigenvalue weighted by Gasteiger charge is 2.34. The molecule has 0 atom stereocenters. The maximum atomic E-state index is 13.5. The van der Waals surface area contributed by atoms with E-state index in [1.807, 2.05) is 24.3 Å². The van der Waals surface area contributed by atoms with Gasteiger partial charge in [-0.3, -0.25) is 14.5 Å². The second kappa shape index (κ2) is 13.9. The van der Waals surface area contributed by atoms with Crippen molar-refractivity contribution < 1.29 is 18.7 Å². The molecule has 1 aliphatic heterocycles. The van der Waals surface area contributed by atoms with Crippen LogP contribution in [0, 0.1) is 0 Å². The Labute approximate surface area is 264 Å². The Bertz CT molecular complexity index is 1690. The highest BCUT2D eigenvalue weighted by molar-refractivity contribution is 9.10. The van der Waals surface area contributed by atoms with Crippen LogP contribution < -0.4 is 10.1 Å². The third-order valence-corrected chi connectivity index (χ3v) is 7.70. The number of ether oxygens (including phenoxy) is 1. The van der Waals surface area contributed by atoms with Crippen LogP contribution in [-0.4, -0.2) is 34.7 Å². The van der Waals surface area contributed by atoms with Crippen molar-refractivity contribution in [1.29, 1.82) is 0 Å². The summed E-state index contributed by atoms with van der Waals surface area (Å²) in [5, 5.41) is 12.7. The van der Waals surface area contributed by atoms with Crippen molar-refractivity contribution in [1.82, 2.24) is 4.90 Å². The number of nitrogens with zero attached hydrogens (tertiary/aromatic N) is 3. The van der Waals surface area contributed by atoms with Gasteiger partial charge in [-0.05, 0) is 90.1 Å². The van der Waals surface area contributed by atoms with E-state index in [2.05, 4.69) is 31.4 Å². The van der Waals surface area contributed by atoms with Crippen molar-refractivity contribution in [2.45, 2.75) is 6.54 Å². The summed E-state index contributed by atoms with van der Waals surface area (Å²) in [4.78, 5) is 27.9. The molecule has 1 saturated heterocycles. The lowest BCUT2D eigenvalue weighted by Crippen LogP contribution is -2.28. The first kappa shape index (κ1) is 29.7. The molecule has 0 bridgehead atoms. The minimum Gasteiger partial charge on any atom is -0.483 e. The van der Waals surface area contributed by atoms with E-state index in [1.54, 1.807) is 73.2 Å². The van der Waals surface area contributed by atoms with Gasteiger partial charge in [-0.25, -0.2) is 0 Å². The fraction of sp³-hybridized carbons (Fsp3) is 0.0667. The molecular weight excluding hydrogens is 663 g/mol. The number of amidine groups is 1. The van der Waals surface area contributed by atoms with Crippen LogP contribution >= 0.6 is 50.9 Å². The Morgan fingerprint density at radius 3 is 2.62 bits per heavy atom. The number of hydrogen-bond donors (Lipinski definition) is 1. The Balaban J connectivity index is 1.36. The van der Waals surface area contributed by atoms with Gasteiger partial charge in [0.2, 0.25) is 0 Å². The summed E-state index contributed by atoms with van der Waals surface area (Å²) in [7, 11) is 0. The molecule has 1 aromatic heterocycles. The van der Waals surface area contributed by atoms with Gasteiger partial charge in [0.15, 0.2) is 11.8 Å². The number of thioether (sulfide) groups is 1. The zero-order chi connectivity index (χ0) is 29.5. The van der Waals surface area contributed by atoms with Gasteiger partial charge in [0.25, 0.3) is 11.8 Å². The first-order valence-corrected chi connectivity index (χ1v) is 14.8. The first-order chi connectivity index (χ1) is 20.3. The van der Waals surface area contributed by atoms with Gasteiger partial charge in [0.1, 0.15) is 11.5 Å². The Morgan fingerprint density at radius 2 is 1.86 bits per heavy atom. The third-order valence-electron chi connectivity index (χ3n) is 5.73. The zero-order valence-electron chi connectivity index (χ0n) is 21.7. The molecule has 0 spiro atoms. The first-order valence-electron chi connectivity index (χ1n) is 12.4. The largest absolute Gasteiger partial charge is 0.483 e. The molecule has 0 aliphatic carbocycles. The van der Waals surface area contributed by atoms with Crippen LogP contribution in [0.25, 0.3) is 6.08 Å². The molecule has 1 fully saturated rings. The number of amides is 2. The fourth-order valence-corrected chi connectivity index (χ4v) is 5.44. The summed E-state index contributed by atoms with van der Waals surface area (Å²) in [6, 6.07) is 22.8. The predicted molar refractivity (Wildman–Crippen MR) is 171 cm³/mol. The number of rotatable bonds is 9. The van der Waals surface area contributed by atoms with E-state index in [0.29, 0.717) is 42.9 Å². The quantitative estimate of drug-likeness (QED) is 0.110. The van der Waals surface area contributed by atoms with Crippen molar-refractivity contribution in [3.63, 3.8) is 0 Å². The molecule has 2 amide bonds. The second-order valence-corrected chi connectivity index (χ2v) is 11.6. The molecule has 3 aromatic carbocycles. The lowest BCUT2D eigenvalue weighted by Gasteiger charge is -2.13. The van der Waals surface area contributed by atoms with Gasteiger partial charge >= 0.3 is 0 Å². The van der Waals surface area contributed by atoms with E-state index < -0.39 is 0 Å². The molecule has 1 N–H and O–H groups in total. The van der Waals surface area contributed by atoms with Gasteiger partial charge in [0, 0.05) is 25.8 Å². The molecule has 212 valence electrons. The molecule has 1 aliphatic rings. The minimum absolute atomic E-state index is 0.172. The molecule has 0 unspecified atom stereocenters. The third kappa shape index (κ3) is 7.92. The van der Waals surface area contributed by atoms with Crippen molar-refractivity contribution >= 4 is 85.9 Å². The Hall–Kier alpha value is -3.83. The van der Waals surface area contributed by atoms with Crippen molar-refractivity contribution in [3.05, 3.63) is 121 Å². The average Bonchev–Trinajstić information content (AvgIpc) is 3.58. The maximum Gasteiger partial charge on any atom is 0.267 e. The summed E-state index contributed by atoms with van der Waals surface area (Å²) in [6.45, 7) is -0.0889. The number of halogens is 3. The average molecular weight is 684 g/mol. The van der Waals surface area contributed by atoms with Crippen LogP contribution in [0.4, 0.5) is 5.69 Å². The van der Waals surface area contributed by atoms with Crippen LogP contribution in [0.2, 0.25) is 10.0 Å². The van der Waals surface area contributed by atoms with E-state index in [4.69, 9.17) is 32.4 Å². The van der Waals surface area contributed by atoms with Crippen LogP contribution in [-0.2, 0) is 16.1 Å². The van der Waals surface area contributed by atoms with Gasteiger partial charge in [-0.15, -0.1) is 5.10 Å². The van der Waals surface area contributed by atoms with Gasteiger partial charge in [-0.1, -0.05) is 51.3 Å². The van der Waals surface area contributed by atoms with Crippen LogP contribution in [0.3, 0.4) is 0 Å². The maximum absolute atomic E-state index is 13.5. The Morgan fingerprint density at radius 1 is 1.05 bits per heavy atom. The zero-order valence-corrected chi connectivity index (χ0v) is 25.6. The number of furan rings is 1. The molecule has 12 heteroatoms. The SMILES string of the molecule is O=C(COc1ccc(Cl)cc1/C=C1\S/C(=N\N=C\c2cccc(Br)c2)N(Cc2ccco2)C1=O)Nc1ccc(Cl)cc1. The molecule has 0 saturated carbocycles.